The number of rotatable bonds is 6. The lowest BCUT2D eigenvalue weighted by Gasteiger charge is -2.44. The van der Waals surface area contributed by atoms with E-state index in [4.69, 9.17) is 9.47 Å². The van der Waals surface area contributed by atoms with Gasteiger partial charge in [0.1, 0.15) is 45.2 Å². The molecule has 15 heteroatoms. The number of aliphatic hydroxyl groups is 3. The van der Waals surface area contributed by atoms with Crippen LogP contribution in [0, 0.1) is 17.8 Å². The van der Waals surface area contributed by atoms with Gasteiger partial charge in [-0.05, 0) is 52.6 Å². The topological polar surface area (TPSA) is 262 Å². The van der Waals surface area contributed by atoms with Crippen LogP contribution < -0.4 is 0 Å². The van der Waals surface area contributed by atoms with Crippen molar-refractivity contribution in [2.75, 3.05) is 0 Å². The largest absolute Gasteiger partial charge is 0.508 e. The van der Waals surface area contributed by atoms with E-state index in [9.17, 15) is 64.5 Å². The molecule has 2 aromatic carbocycles. The van der Waals surface area contributed by atoms with Crippen LogP contribution in [0.2, 0.25) is 0 Å². The van der Waals surface area contributed by atoms with Crippen molar-refractivity contribution in [1.29, 1.82) is 0 Å². The van der Waals surface area contributed by atoms with E-state index in [1.165, 1.54) is 30.3 Å². The minimum absolute atomic E-state index is 0.0745. The number of cyclic esters (lactones) is 2. The molecule has 0 aromatic heterocycles. The van der Waals surface area contributed by atoms with Crippen LogP contribution in [-0.4, -0.2) is 76.8 Å². The number of carbonyl (C=O) groups is 6. The highest BCUT2D eigenvalue weighted by Gasteiger charge is 2.67. The van der Waals surface area contributed by atoms with Gasteiger partial charge >= 0.3 is 23.9 Å². The number of carboxylic acid groups (broad SMARTS) is 2. The van der Waals surface area contributed by atoms with Crippen LogP contribution in [-0.2, 0) is 38.2 Å². The number of benzene rings is 2. The normalized spacial score (nSPS) is 27.6. The van der Waals surface area contributed by atoms with Crippen molar-refractivity contribution < 1.29 is 74.0 Å². The van der Waals surface area contributed by atoms with Gasteiger partial charge in [0, 0.05) is 18.3 Å². The zero-order chi connectivity index (χ0) is 36.0. The predicted octanol–water partition coefficient (Wildman–Crippen LogP) is 2.13. The van der Waals surface area contributed by atoms with Crippen LogP contribution in [0.25, 0.3) is 11.1 Å². The molecule has 15 nitrogen and oxygen atoms in total. The molecule has 4 bridgehead atoms. The molecule has 50 heavy (non-hydrogen) atoms. The van der Waals surface area contributed by atoms with Crippen molar-refractivity contribution in [3.8, 4) is 11.5 Å². The van der Waals surface area contributed by atoms with Crippen molar-refractivity contribution in [3.05, 3.63) is 117 Å². The number of allylic oxidation sites excluding steroid dienone is 1. The van der Waals surface area contributed by atoms with E-state index in [-0.39, 0.29) is 33.8 Å². The van der Waals surface area contributed by atoms with Crippen LogP contribution in [0.3, 0.4) is 0 Å². The smallest absolute Gasteiger partial charge is 0.347 e. The highest BCUT2D eigenvalue weighted by atomic mass is 16.6. The van der Waals surface area contributed by atoms with E-state index in [1.807, 2.05) is 0 Å². The summed E-state index contributed by atoms with van der Waals surface area (Å²) in [5.74, 6) is -16.0. The second-order valence-corrected chi connectivity index (χ2v) is 12.0. The Hall–Kier alpha value is -6.74. The van der Waals surface area contributed by atoms with E-state index in [2.05, 4.69) is 0 Å². The highest BCUT2D eigenvalue weighted by molar-refractivity contribution is 6.20. The van der Waals surface area contributed by atoms with Gasteiger partial charge in [0.05, 0.1) is 5.92 Å². The fraction of sp³-hybridized carbons (Fsp3) is 0.143. The van der Waals surface area contributed by atoms with Gasteiger partial charge in [0.25, 0.3) is 0 Å². The fourth-order valence-electron chi connectivity index (χ4n) is 7.23. The van der Waals surface area contributed by atoms with E-state index in [0.717, 1.165) is 30.3 Å². The molecule has 252 valence electrons. The Morgan fingerprint density at radius 1 is 0.680 bits per heavy atom. The molecule has 3 aliphatic carbocycles. The number of hydrogen-bond donors (Lipinski definition) is 7. The number of aliphatic hydroxyl groups excluding tert-OH is 2. The predicted molar refractivity (Wildman–Crippen MR) is 163 cm³/mol. The van der Waals surface area contributed by atoms with Crippen LogP contribution in [0.5, 0.6) is 11.5 Å². The number of aromatic hydroxyl groups is 2. The third-order valence-electron chi connectivity index (χ3n) is 9.36. The first-order chi connectivity index (χ1) is 23.6. The number of phenols is 2. The van der Waals surface area contributed by atoms with E-state index in [0.29, 0.717) is 0 Å². The summed E-state index contributed by atoms with van der Waals surface area (Å²) in [6.07, 6.45) is 1.52. The first-order valence-electron chi connectivity index (χ1n) is 14.7. The summed E-state index contributed by atoms with van der Waals surface area (Å²) in [7, 11) is 0. The molecule has 0 saturated heterocycles. The standard InChI is InChI=1S/C35H22O15/c36-14-5-1-12(2-6-14)22(31(42)43)29-27(40)24(33(46)49-29)16-10-21(39)35(48)19-11-20(38)26(35)17(16)9-18(19)25-28(41)30(50-34(25)47)23(32(44)45)13-3-7-15(37)8-4-13/h1-10,17,19,26,36-37,40-41,48H,11H2,(H,42,43)(H,44,45)/b29-22+,30-23-. The van der Waals surface area contributed by atoms with Gasteiger partial charge in [-0.1, -0.05) is 30.3 Å². The number of ketones is 2. The average molecular weight is 683 g/mol. The van der Waals surface area contributed by atoms with Crippen molar-refractivity contribution in [2.24, 2.45) is 17.8 Å². The molecule has 4 unspecified atom stereocenters. The molecule has 2 heterocycles. The number of aliphatic carboxylic acids is 2. The minimum Gasteiger partial charge on any atom is -0.508 e. The number of Topliss-reactive ketones (excluding diaryl/α,β-unsaturated/α-hetero) is 1. The third kappa shape index (κ3) is 4.40. The second-order valence-electron chi connectivity index (χ2n) is 12.0. The Morgan fingerprint density at radius 2 is 1.12 bits per heavy atom. The molecule has 7 rings (SSSR count). The molecule has 1 fully saturated rings. The number of carboxylic acids is 2. The lowest BCUT2D eigenvalue weighted by atomic mass is 9.60. The summed E-state index contributed by atoms with van der Waals surface area (Å²) in [5, 5.41) is 73.6. The Bertz CT molecular complexity index is 2210. The molecule has 0 radical (unpaired) electrons. The summed E-state index contributed by atoms with van der Waals surface area (Å²) >= 11 is 0. The van der Waals surface area contributed by atoms with Crippen LogP contribution >= 0.6 is 0 Å². The number of carbonyl (C=O) groups excluding carboxylic acids is 4. The maximum atomic E-state index is 13.7. The summed E-state index contributed by atoms with van der Waals surface area (Å²) in [4.78, 5) is 78.3. The summed E-state index contributed by atoms with van der Waals surface area (Å²) in [6.45, 7) is 0. The van der Waals surface area contributed by atoms with Gasteiger partial charge in [-0.2, -0.15) is 0 Å². The SMILES string of the molecule is O=C1O/C(=C(\C(=O)O)c2ccc(O)cc2)C(O)=C1C1=CC2C(C3=C(O)/C(=C(\C(=O)O)c4ccc(O)cc4)OC3=O)=CC(=O)C3(O)C1CC(=O)C23. The molecule has 0 spiro atoms. The van der Waals surface area contributed by atoms with Crippen molar-refractivity contribution >= 4 is 46.6 Å². The van der Waals surface area contributed by atoms with Gasteiger partial charge in [-0.3, -0.25) is 9.59 Å². The fourth-order valence-corrected chi connectivity index (χ4v) is 7.23. The number of ether oxygens (including phenoxy) is 2. The monoisotopic (exact) mass is 682 g/mol. The molecule has 2 aromatic rings. The Labute approximate surface area is 278 Å². The highest BCUT2D eigenvalue weighted by Crippen LogP contribution is 2.59. The zero-order valence-electron chi connectivity index (χ0n) is 25.1. The average Bonchev–Trinajstić information content (AvgIpc) is 3.56. The molecule has 1 saturated carbocycles. The number of esters is 2. The molecule has 7 N–H and O–H groups in total. The first kappa shape index (κ1) is 31.8. The molecule has 0 amide bonds. The number of hydrogen-bond acceptors (Lipinski definition) is 13. The quantitative estimate of drug-likeness (QED) is 0.170. The molecule has 5 aliphatic rings. The summed E-state index contributed by atoms with van der Waals surface area (Å²) < 4.78 is 10.4. The Morgan fingerprint density at radius 3 is 1.56 bits per heavy atom. The zero-order valence-corrected chi connectivity index (χ0v) is 25.1. The lowest BCUT2D eigenvalue weighted by Crippen LogP contribution is -2.56. The first-order valence-corrected chi connectivity index (χ1v) is 14.7. The van der Waals surface area contributed by atoms with E-state index >= 15 is 0 Å². The van der Waals surface area contributed by atoms with Crippen molar-refractivity contribution in [3.63, 3.8) is 0 Å². The maximum absolute atomic E-state index is 13.7. The lowest BCUT2D eigenvalue weighted by molar-refractivity contribution is -0.147. The Balaban J connectivity index is 1.41. The van der Waals surface area contributed by atoms with Gasteiger partial charge in [-0.25, -0.2) is 19.2 Å². The summed E-state index contributed by atoms with van der Waals surface area (Å²) in [5.41, 5.74) is -6.03. The second kappa shape index (κ2) is 10.9. The molecular weight excluding hydrogens is 660 g/mol. The van der Waals surface area contributed by atoms with Gasteiger partial charge in [0.2, 0.25) is 0 Å². The Kier molecular flexibility index (Phi) is 6.94. The van der Waals surface area contributed by atoms with Crippen LogP contribution in [0.1, 0.15) is 17.5 Å². The van der Waals surface area contributed by atoms with Gasteiger partial charge in [0.15, 0.2) is 28.8 Å². The van der Waals surface area contributed by atoms with Crippen molar-refractivity contribution in [1.82, 2.24) is 0 Å². The third-order valence-corrected chi connectivity index (χ3v) is 9.36. The van der Waals surface area contributed by atoms with Gasteiger partial charge < -0.3 is 45.2 Å². The van der Waals surface area contributed by atoms with Crippen LogP contribution in [0.15, 0.2) is 106 Å². The van der Waals surface area contributed by atoms with E-state index in [1.54, 1.807) is 0 Å². The number of phenolic OH excluding ortho intramolecular Hbond substituents is 2. The maximum Gasteiger partial charge on any atom is 0.347 e. The van der Waals surface area contributed by atoms with Gasteiger partial charge in [-0.15, -0.1) is 0 Å². The molecular formula is C35H22O15. The van der Waals surface area contributed by atoms with E-state index < -0.39 is 111 Å². The molecule has 2 aliphatic heterocycles. The minimum atomic E-state index is -2.50. The summed E-state index contributed by atoms with van der Waals surface area (Å²) in [6, 6.07) is 9.36. The molecule has 4 atom stereocenters. The van der Waals surface area contributed by atoms with Crippen LogP contribution in [0.4, 0.5) is 0 Å². The van der Waals surface area contributed by atoms with Crippen molar-refractivity contribution in [2.45, 2.75) is 12.0 Å².